The van der Waals surface area contributed by atoms with Crippen molar-refractivity contribution in [1.82, 2.24) is 9.29 Å². The van der Waals surface area contributed by atoms with Crippen molar-refractivity contribution in [3.8, 4) is 0 Å². The van der Waals surface area contributed by atoms with Gasteiger partial charge in [0.15, 0.2) is 0 Å². The Morgan fingerprint density at radius 2 is 1.96 bits per heavy atom. The number of piperidine rings is 1. The van der Waals surface area contributed by atoms with Crippen molar-refractivity contribution in [2.24, 2.45) is 0 Å². The van der Waals surface area contributed by atoms with E-state index < -0.39 is 10.0 Å². The van der Waals surface area contributed by atoms with Crippen molar-refractivity contribution >= 4 is 20.8 Å². The molecule has 0 saturated carbocycles. The van der Waals surface area contributed by atoms with Crippen LogP contribution in [0.3, 0.4) is 0 Å². The number of benzene rings is 1. The van der Waals surface area contributed by atoms with E-state index in [2.05, 4.69) is 4.98 Å². The van der Waals surface area contributed by atoms with E-state index in [1.54, 1.807) is 0 Å². The molecule has 0 bridgehead atoms. The van der Waals surface area contributed by atoms with Crippen LogP contribution in [-0.2, 0) is 10.0 Å². The lowest BCUT2D eigenvalue weighted by atomic mass is 9.93. The van der Waals surface area contributed by atoms with E-state index in [1.165, 1.54) is 10.6 Å². The first-order valence-electron chi connectivity index (χ1n) is 7.85. The molecule has 1 aromatic heterocycles. The molecule has 1 atom stereocenters. The smallest absolute Gasteiger partial charge is 0.256 e. The zero-order valence-electron chi connectivity index (χ0n) is 13.7. The molecule has 23 heavy (non-hydrogen) atoms. The molecule has 1 N–H and O–H groups in total. The Kier molecular flexibility index (Phi) is 4.06. The molecular weight excluding hydrogens is 312 g/mol. The number of aryl methyl sites for hydroxylation is 2. The molecule has 1 aromatic carbocycles. The van der Waals surface area contributed by atoms with Gasteiger partial charge in [-0.2, -0.15) is 0 Å². The van der Waals surface area contributed by atoms with Crippen LogP contribution in [0.4, 0.5) is 0 Å². The summed E-state index contributed by atoms with van der Waals surface area (Å²) in [6.07, 6.45) is 2.94. The quantitative estimate of drug-likeness (QED) is 0.916. The van der Waals surface area contributed by atoms with E-state index >= 15 is 0 Å². The number of nitrogens with zero attached hydrogens (tertiary/aromatic N) is 1. The molecule has 1 aliphatic rings. The Morgan fingerprint density at radius 3 is 2.65 bits per heavy atom. The van der Waals surface area contributed by atoms with Crippen LogP contribution in [0, 0.1) is 13.8 Å². The van der Waals surface area contributed by atoms with Gasteiger partial charge in [-0.15, -0.1) is 0 Å². The summed E-state index contributed by atoms with van der Waals surface area (Å²) in [5.74, 6) is 0.0383. The molecule has 0 radical (unpaired) electrons. The molecule has 1 unspecified atom stereocenters. The predicted octanol–water partition coefficient (Wildman–Crippen LogP) is 2.28. The maximum atomic E-state index is 12.5. The Balaban J connectivity index is 2.05. The number of rotatable bonds is 2. The first kappa shape index (κ1) is 16.2. The van der Waals surface area contributed by atoms with Crippen LogP contribution in [0.25, 0.3) is 10.8 Å². The third-order valence-electron chi connectivity index (χ3n) is 4.60. The van der Waals surface area contributed by atoms with E-state index in [9.17, 15) is 13.2 Å². The van der Waals surface area contributed by atoms with Crippen LogP contribution < -0.4 is 5.56 Å². The third-order valence-corrected chi connectivity index (χ3v) is 5.87. The van der Waals surface area contributed by atoms with E-state index in [-0.39, 0.29) is 11.5 Å². The number of sulfonamides is 1. The lowest BCUT2D eigenvalue weighted by molar-refractivity contribution is 0.314. The minimum Gasteiger partial charge on any atom is -0.325 e. The molecule has 0 amide bonds. The molecule has 2 aromatic rings. The summed E-state index contributed by atoms with van der Waals surface area (Å²) in [6, 6.07) is 6.02. The highest BCUT2D eigenvalue weighted by atomic mass is 32.2. The lowest BCUT2D eigenvalue weighted by Crippen LogP contribution is -2.38. The van der Waals surface area contributed by atoms with E-state index in [4.69, 9.17) is 0 Å². The molecule has 0 aliphatic carbocycles. The van der Waals surface area contributed by atoms with Gasteiger partial charge in [-0.3, -0.25) is 4.79 Å². The van der Waals surface area contributed by atoms with Crippen LogP contribution in [0.15, 0.2) is 23.0 Å². The van der Waals surface area contributed by atoms with Crippen LogP contribution in [0.2, 0.25) is 0 Å². The summed E-state index contributed by atoms with van der Waals surface area (Å²) in [5.41, 5.74) is 2.83. The summed E-state index contributed by atoms with van der Waals surface area (Å²) in [7, 11) is -3.19. The Bertz CT molecular complexity index is 915. The van der Waals surface area contributed by atoms with Gasteiger partial charge in [0.25, 0.3) is 5.56 Å². The summed E-state index contributed by atoms with van der Waals surface area (Å²) in [6.45, 7) is 4.95. The van der Waals surface area contributed by atoms with E-state index in [0.717, 1.165) is 40.4 Å². The minimum atomic E-state index is -3.19. The first-order chi connectivity index (χ1) is 10.8. The van der Waals surface area contributed by atoms with Gasteiger partial charge in [0.2, 0.25) is 10.0 Å². The van der Waals surface area contributed by atoms with Crippen molar-refractivity contribution in [1.29, 1.82) is 0 Å². The monoisotopic (exact) mass is 334 g/mol. The topological polar surface area (TPSA) is 70.2 Å². The standard InChI is InChI=1S/C17H22N2O3S/c1-11-7-12(2)16-14(8-11)9-15(18-17(16)20)13-5-4-6-19(10-13)23(3,21)22/h7-9,13H,4-6,10H2,1-3H3,(H,18,20). The highest BCUT2D eigenvalue weighted by Gasteiger charge is 2.27. The number of H-pyrrole nitrogens is 1. The minimum absolute atomic E-state index is 0.0383. The number of aromatic amines is 1. The summed E-state index contributed by atoms with van der Waals surface area (Å²) < 4.78 is 25.1. The van der Waals surface area contributed by atoms with Crippen molar-refractivity contribution in [2.45, 2.75) is 32.6 Å². The van der Waals surface area contributed by atoms with Gasteiger partial charge >= 0.3 is 0 Å². The molecule has 3 rings (SSSR count). The van der Waals surface area contributed by atoms with Gasteiger partial charge in [0.05, 0.1) is 6.26 Å². The molecule has 5 nitrogen and oxygen atoms in total. The van der Waals surface area contributed by atoms with Gasteiger partial charge in [-0.05, 0) is 43.7 Å². The fourth-order valence-corrected chi connectivity index (χ4v) is 4.45. The summed E-state index contributed by atoms with van der Waals surface area (Å²) >= 11 is 0. The average molecular weight is 334 g/mol. The van der Waals surface area contributed by atoms with Gasteiger partial charge in [-0.1, -0.05) is 17.7 Å². The average Bonchev–Trinajstić information content (AvgIpc) is 2.45. The van der Waals surface area contributed by atoms with E-state index in [0.29, 0.717) is 13.1 Å². The maximum Gasteiger partial charge on any atom is 0.256 e. The van der Waals surface area contributed by atoms with Crippen molar-refractivity contribution in [3.05, 3.63) is 45.4 Å². The first-order valence-corrected chi connectivity index (χ1v) is 9.70. The van der Waals surface area contributed by atoms with Crippen LogP contribution in [-0.4, -0.2) is 37.1 Å². The third kappa shape index (κ3) is 3.19. The zero-order chi connectivity index (χ0) is 16.8. The molecule has 1 fully saturated rings. The summed E-state index contributed by atoms with van der Waals surface area (Å²) in [4.78, 5) is 15.4. The van der Waals surface area contributed by atoms with Gasteiger partial charge in [0, 0.05) is 30.1 Å². The van der Waals surface area contributed by atoms with Crippen LogP contribution >= 0.6 is 0 Å². The molecule has 124 valence electrons. The molecule has 0 spiro atoms. The Hall–Kier alpha value is -1.66. The number of nitrogens with one attached hydrogen (secondary N) is 1. The summed E-state index contributed by atoms with van der Waals surface area (Å²) in [5, 5.41) is 1.65. The number of hydrogen-bond acceptors (Lipinski definition) is 3. The predicted molar refractivity (Wildman–Crippen MR) is 92.4 cm³/mol. The lowest BCUT2D eigenvalue weighted by Gasteiger charge is -2.31. The maximum absolute atomic E-state index is 12.5. The molecule has 1 aliphatic heterocycles. The van der Waals surface area contributed by atoms with Crippen molar-refractivity contribution < 1.29 is 8.42 Å². The number of pyridine rings is 1. The zero-order valence-corrected chi connectivity index (χ0v) is 14.5. The second kappa shape index (κ2) is 5.76. The molecular formula is C17H22N2O3S. The highest BCUT2D eigenvalue weighted by Crippen LogP contribution is 2.28. The fourth-order valence-electron chi connectivity index (χ4n) is 3.54. The largest absolute Gasteiger partial charge is 0.325 e. The SMILES string of the molecule is Cc1cc(C)c2c(=O)[nH]c(C3CCCN(S(C)(=O)=O)C3)cc2c1. The van der Waals surface area contributed by atoms with E-state index in [1.807, 2.05) is 32.0 Å². The molecule has 2 heterocycles. The van der Waals surface area contributed by atoms with Gasteiger partial charge in [0.1, 0.15) is 0 Å². The van der Waals surface area contributed by atoms with Crippen LogP contribution in [0.1, 0.15) is 35.6 Å². The number of fused-ring (bicyclic) bond motifs is 1. The second-order valence-corrected chi connectivity index (χ2v) is 8.54. The highest BCUT2D eigenvalue weighted by molar-refractivity contribution is 7.88. The molecule has 1 saturated heterocycles. The molecule has 6 heteroatoms. The Morgan fingerprint density at radius 1 is 1.22 bits per heavy atom. The Labute approximate surface area is 136 Å². The van der Waals surface area contributed by atoms with Gasteiger partial charge < -0.3 is 4.98 Å². The number of aromatic nitrogens is 1. The fraction of sp³-hybridized carbons (Fsp3) is 0.471. The van der Waals surface area contributed by atoms with Crippen LogP contribution in [0.5, 0.6) is 0 Å². The normalized spacial score (nSPS) is 20.0. The van der Waals surface area contributed by atoms with Gasteiger partial charge in [-0.25, -0.2) is 12.7 Å². The van der Waals surface area contributed by atoms with Crippen molar-refractivity contribution in [3.63, 3.8) is 0 Å². The number of hydrogen-bond donors (Lipinski definition) is 1. The van der Waals surface area contributed by atoms with Crippen molar-refractivity contribution in [2.75, 3.05) is 19.3 Å². The second-order valence-electron chi connectivity index (χ2n) is 6.56.